The SMILES string of the molecule is CC(C)(C)[Si](OCC[C@@H]1CC[C@@H](CO)N1)(c1ccccc1)c1ccccc1. The Bertz CT molecular complexity index is 660. The van der Waals surface area contributed by atoms with Gasteiger partial charge in [-0.3, -0.25) is 0 Å². The van der Waals surface area contributed by atoms with Gasteiger partial charge in [-0.2, -0.15) is 0 Å². The monoisotopic (exact) mass is 383 g/mol. The van der Waals surface area contributed by atoms with Crippen molar-refractivity contribution in [3.8, 4) is 0 Å². The Morgan fingerprint density at radius 2 is 1.44 bits per heavy atom. The smallest absolute Gasteiger partial charge is 0.261 e. The highest BCUT2D eigenvalue weighted by Crippen LogP contribution is 2.36. The van der Waals surface area contributed by atoms with Crippen molar-refractivity contribution in [2.75, 3.05) is 13.2 Å². The van der Waals surface area contributed by atoms with E-state index in [1.54, 1.807) is 0 Å². The molecule has 0 bridgehead atoms. The zero-order valence-electron chi connectivity index (χ0n) is 16.8. The summed E-state index contributed by atoms with van der Waals surface area (Å²) in [5.74, 6) is 0. The highest BCUT2D eigenvalue weighted by molar-refractivity contribution is 6.99. The molecule has 0 unspecified atom stereocenters. The molecule has 1 fully saturated rings. The van der Waals surface area contributed by atoms with Gasteiger partial charge in [0, 0.05) is 18.7 Å². The van der Waals surface area contributed by atoms with E-state index < -0.39 is 8.32 Å². The van der Waals surface area contributed by atoms with Gasteiger partial charge in [-0.1, -0.05) is 81.4 Å². The van der Waals surface area contributed by atoms with E-state index in [1.165, 1.54) is 10.4 Å². The van der Waals surface area contributed by atoms with Crippen LogP contribution in [0.2, 0.25) is 5.04 Å². The number of hydrogen-bond donors (Lipinski definition) is 2. The summed E-state index contributed by atoms with van der Waals surface area (Å²) in [5, 5.41) is 15.6. The first-order valence-corrected chi connectivity index (χ1v) is 12.0. The molecule has 2 atom stereocenters. The van der Waals surface area contributed by atoms with Crippen molar-refractivity contribution in [2.45, 2.75) is 57.2 Å². The topological polar surface area (TPSA) is 41.5 Å². The van der Waals surface area contributed by atoms with Crippen LogP contribution in [0.15, 0.2) is 60.7 Å². The molecule has 2 N–H and O–H groups in total. The van der Waals surface area contributed by atoms with Gasteiger partial charge in [-0.25, -0.2) is 0 Å². The Morgan fingerprint density at radius 1 is 0.926 bits per heavy atom. The molecule has 0 aromatic heterocycles. The Morgan fingerprint density at radius 3 is 1.89 bits per heavy atom. The van der Waals surface area contributed by atoms with Gasteiger partial charge in [0.05, 0.1) is 6.61 Å². The summed E-state index contributed by atoms with van der Waals surface area (Å²) in [6.07, 6.45) is 3.16. The van der Waals surface area contributed by atoms with Crippen molar-refractivity contribution in [3.05, 3.63) is 60.7 Å². The minimum absolute atomic E-state index is 0.0203. The Hall–Kier alpha value is -1.46. The lowest BCUT2D eigenvalue weighted by Crippen LogP contribution is -2.66. The third-order valence-electron chi connectivity index (χ3n) is 5.76. The molecule has 1 aliphatic rings. The molecule has 3 nitrogen and oxygen atoms in total. The molecule has 3 rings (SSSR count). The van der Waals surface area contributed by atoms with Gasteiger partial charge in [0.1, 0.15) is 0 Å². The Kier molecular flexibility index (Phi) is 6.53. The predicted octanol–water partition coefficient (Wildman–Crippen LogP) is 3.07. The first-order chi connectivity index (χ1) is 13.0. The summed E-state index contributed by atoms with van der Waals surface area (Å²) >= 11 is 0. The van der Waals surface area contributed by atoms with Crippen molar-refractivity contribution in [1.82, 2.24) is 5.32 Å². The van der Waals surface area contributed by atoms with Crippen LogP contribution in [0.25, 0.3) is 0 Å². The molecule has 0 spiro atoms. The van der Waals surface area contributed by atoms with Crippen molar-refractivity contribution in [1.29, 1.82) is 0 Å². The quantitative estimate of drug-likeness (QED) is 0.722. The molecular formula is C23H33NO2Si. The van der Waals surface area contributed by atoms with Gasteiger partial charge in [0.25, 0.3) is 8.32 Å². The van der Waals surface area contributed by atoms with E-state index >= 15 is 0 Å². The van der Waals surface area contributed by atoms with Gasteiger partial charge >= 0.3 is 0 Å². The summed E-state index contributed by atoms with van der Waals surface area (Å²) in [6.45, 7) is 7.91. The Labute approximate surface area is 164 Å². The fourth-order valence-corrected chi connectivity index (χ4v) is 8.97. The standard InChI is InChI=1S/C23H33NO2Si/c1-23(2,3)27(21-10-6-4-7-11-21,22-12-8-5-9-13-22)26-17-16-19-14-15-20(18-25)24-19/h4-13,19-20,24-25H,14-18H2,1-3H3/t19-,20-/m0/s1. The average Bonchev–Trinajstić information content (AvgIpc) is 3.14. The van der Waals surface area contributed by atoms with Crippen LogP contribution < -0.4 is 15.7 Å². The normalized spacial score (nSPS) is 20.7. The molecule has 0 amide bonds. The van der Waals surface area contributed by atoms with Crippen molar-refractivity contribution < 1.29 is 9.53 Å². The Balaban J connectivity index is 1.88. The molecule has 1 heterocycles. The number of nitrogens with one attached hydrogen (secondary N) is 1. The van der Waals surface area contributed by atoms with Crippen LogP contribution in [0.5, 0.6) is 0 Å². The number of aliphatic hydroxyl groups is 1. The summed E-state index contributed by atoms with van der Waals surface area (Å²) in [6, 6.07) is 22.3. The minimum Gasteiger partial charge on any atom is -0.407 e. The van der Waals surface area contributed by atoms with E-state index in [4.69, 9.17) is 4.43 Å². The summed E-state index contributed by atoms with van der Waals surface area (Å²) in [4.78, 5) is 0. The van der Waals surface area contributed by atoms with Gasteiger partial charge in [-0.05, 0) is 34.7 Å². The fourth-order valence-electron chi connectivity index (χ4n) is 4.39. The number of benzene rings is 2. The van der Waals surface area contributed by atoms with Crippen LogP contribution in [0.1, 0.15) is 40.0 Å². The first-order valence-electron chi connectivity index (χ1n) is 10.1. The molecule has 0 saturated carbocycles. The maximum Gasteiger partial charge on any atom is 0.261 e. The van der Waals surface area contributed by atoms with Crippen LogP contribution in [0.3, 0.4) is 0 Å². The lowest BCUT2D eigenvalue weighted by Gasteiger charge is -2.43. The molecule has 2 aromatic carbocycles. The molecule has 1 aliphatic heterocycles. The van der Waals surface area contributed by atoms with E-state index in [1.807, 2.05) is 0 Å². The molecule has 2 aromatic rings. The lowest BCUT2D eigenvalue weighted by molar-refractivity contribution is 0.242. The largest absolute Gasteiger partial charge is 0.407 e. The van der Waals surface area contributed by atoms with Gasteiger partial charge in [0.2, 0.25) is 0 Å². The number of rotatable bonds is 7. The molecule has 146 valence electrons. The first kappa shape index (κ1) is 20.3. The number of aliphatic hydroxyl groups excluding tert-OH is 1. The highest BCUT2D eigenvalue weighted by Gasteiger charge is 2.50. The van der Waals surface area contributed by atoms with E-state index in [-0.39, 0.29) is 17.7 Å². The van der Waals surface area contributed by atoms with Crippen LogP contribution >= 0.6 is 0 Å². The lowest BCUT2D eigenvalue weighted by atomic mass is 10.1. The molecule has 4 heteroatoms. The second-order valence-corrected chi connectivity index (χ2v) is 12.9. The molecule has 0 aliphatic carbocycles. The molecular weight excluding hydrogens is 350 g/mol. The predicted molar refractivity (Wildman–Crippen MR) is 115 cm³/mol. The summed E-state index contributed by atoms with van der Waals surface area (Å²) < 4.78 is 6.93. The maximum atomic E-state index is 9.36. The average molecular weight is 384 g/mol. The maximum absolute atomic E-state index is 9.36. The molecule has 1 saturated heterocycles. The molecule has 0 radical (unpaired) electrons. The zero-order valence-corrected chi connectivity index (χ0v) is 17.8. The van der Waals surface area contributed by atoms with Crippen LogP contribution in [-0.4, -0.2) is 38.7 Å². The van der Waals surface area contributed by atoms with E-state index in [9.17, 15) is 5.11 Å². The van der Waals surface area contributed by atoms with Crippen molar-refractivity contribution >= 4 is 18.7 Å². The van der Waals surface area contributed by atoms with Gasteiger partial charge < -0.3 is 14.8 Å². The van der Waals surface area contributed by atoms with Crippen LogP contribution in [0, 0.1) is 0 Å². The summed E-state index contributed by atoms with van der Waals surface area (Å²) in [7, 11) is -2.42. The molecule has 27 heavy (non-hydrogen) atoms. The summed E-state index contributed by atoms with van der Waals surface area (Å²) in [5.41, 5.74) is 0. The minimum atomic E-state index is -2.42. The second-order valence-electron chi connectivity index (χ2n) is 8.62. The van der Waals surface area contributed by atoms with Gasteiger partial charge in [0.15, 0.2) is 0 Å². The van der Waals surface area contributed by atoms with E-state index in [0.717, 1.165) is 25.9 Å². The van der Waals surface area contributed by atoms with Gasteiger partial charge in [-0.15, -0.1) is 0 Å². The van der Waals surface area contributed by atoms with Crippen LogP contribution in [0.4, 0.5) is 0 Å². The van der Waals surface area contributed by atoms with Crippen molar-refractivity contribution in [3.63, 3.8) is 0 Å². The third-order valence-corrected chi connectivity index (χ3v) is 10.8. The fraction of sp³-hybridized carbons (Fsp3) is 0.478. The van der Waals surface area contributed by atoms with E-state index in [2.05, 4.69) is 86.8 Å². The van der Waals surface area contributed by atoms with Crippen LogP contribution in [-0.2, 0) is 4.43 Å². The van der Waals surface area contributed by atoms with Crippen molar-refractivity contribution in [2.24, 2.45) is 0 Å². The zero-order chi connectivity index (χ0) is 19.3. The second kappa shape index (κ2) is 8.70. The third kappa shape index (κ3) is 4.35. The van der Waals surface area contributed by atoms with E-state index in [0.29, 0.717) is 6.04 Å². The highest BCUT2D eigenvalue weighted by atomic mass is 28.4. The number of hydrogen-bond acceptors (Lipinski definition) is 3.